The topological polar surface area (TPSA) is 56.5 Å². The quantitative estimate of drug-likeness (QED) is 0.674. The first kappa shape index (κ1) is 16.3. The Labute approximate surface area is 141 Å². The van der Waals surface area contributed by atoms with Gasteiger partial charge < -0.3 is 19.1 Å². The lowest BCUT2D eigenvalue weighted by Crippen LogP contribution is -2.09. The van der Waals surface area contributed by atoms with Gasteiger partial charge in [-0.2, -0.15) is 0 Å². The fraction of sp³-hybridized carbons (Fsp3) is 0.316. The van der Waals surface area contributed by atoms with Gasteiger partial charge in [-0.15, -0.1) is 0 Å². The van der Waals surface area contributed by atoms with Crippen LogP contribution in [0.25, 0.3) is 11.0 Å². The molecule has 1 aromatic heterocycles. The molecule has 3 rings (SSSR count). The van der Waals surface area contributed by atoms with Crippen LogP contribution in [-0.2, 0) is 6.54 Å². The van der Waals surface area contributed by atoms with Crippen LogP contribution < -0.4 is 9.47 Å². The molecular weight excluding hydrogens is 304 g/mol. The summed E-state index contributed by atoms with van der Waals surface area (Å²) in [4.78, 5) is 4.53. The summed E-state index contributed by atoms with van der Waals surface area (Å²) in [7, 11) is 1.64. The first-order chi connectivity index (χ1) is 11.7. The number of benzene rings is 2. The third-order valence-electron chi connectivity index (χ3n) is 3.91. The van der Waals surface area contributed by atoms with Crippen LogP contribution in [0, 0.1) is 0 Å². The summed E-state index contributed by atoms with van der Waals surface area (Å²) in [5.74, 6) is 2.33. The average Bonchev–Trinajstić information content (AvgIpc) is 2.98. The van der Waals surface area contributed by atoms with Gasteiger partial charge in [-0.1, -0.05) is 12.1 Å². The van der Waals surface area contributed by atoms with E-state index >= 15 is 0 Å². The third kappa shape index (κ3) is 3.51. The molecule has 1 N–H and O–H groups in total. The number of imidazole rings is 1. The molecule has 3 aromatic rings. The minimum Gasteiger partial charge on any atom is -0.497 e. The van der Waals surface area contributed by atoms with E-state index in [0.29, 0.717) is 12.4 Å². The van der Waals surface area contributed by atoms with Gasteiger partial charge in [0.15, 0.2) is 0 Å². The molecule has 1 atom stereocenters. The second-order valence-electron chi connectivity index (χ2n) is 5.66. The van der Waals surface area contributed by atoms with Gasteiger partial charge in [-0.25, -0.2) is 4.98 Å². The van der Waals surface area contributed by atoms with Crippen molar-refractivity contribution in [2.75, 3.05) is 13.7 Å². The Balaban J connectivity index is 1.63. The van der Waals surface area contributed by atoms with E-state index in [0.717, 1.165) is 35.5 Å². The smallest absolute Gasteiger partial charge is 0.138 e. The molecule has 0 aliphatic heterocycles. The summed E-state index contributed by atoms with van der Waals surface area (Å²) in [6.45, 7) is 3.08. The Bertz CT molecular complexity index is 794. The highest BCUT2D eigenvalue weighted by Crippen LogP contribution is 2.21. The molecule has 1 heterocycles. The van der Waals surface area contributed by atoms with Gasteiger partial charge in [-0.05, 0) is 49.7 Å². The van der Waals surface area contributed by atoms with Crippen LogP contribution in [0.1, 0.15) is 25.3 Å². The van der Waals surface area contributed by atoms with Crippen molar-refractivity contribution < 1.29 is 14.6 Å². The predicted molar refractivity (Wildman–Crippen MR) is 93.5 cm³/mol. The van der Waals surface area contributed by atoms with Crippen LogP contribution in [-0.4, -0.2) is 28.4 Å². The van der Waals surface area contributed by atoms with Crippen molar-refractivity contribution >= 4 is 11.0 Å². The number of aromatic nitrogens is 2. The molecule has 0 spiro atoms. The van der Waals surface area contributed by atoms with Gasteiger partial charge in [0.2, 0.25) is 0 Å². The molecule has 0 saturated carbocycles. The molecular formula is C19H22N2O3. The Morgan fingerprint density at radius 3 is 2.50 bits per heavy atom. The van der Waals surface area contributed by atoms with Crippen molar-refractivity contribution in [3.8, 4) is 11.5 Å². The number of para-hydroxylation sites is 2. The highest BCUT2D eigenvalue weighted by atomic mass is 16.5. The number of hydrogen-bond donors (Lipinski definition) is 1. The van der Waals surface area contributed by atoms with Crippen LogP contribution in [0.15, 0.2) is 48.5 Å². The molecule has 0 aliphatic carbocycles. The number of hydrogen-bond acceptors (Lipinski definition) is 4. The molecule has 0 aliphatic rings. The molecule has 2 aromatic carbocycles. The minimum atomic E-state index is -0.597. The Hall–Kier alpha value is -2.53. The summed E-state index contributed by atoms with van der Waals surface area (Å²) >= 11 is 0. The molecule has 0 radical (unpaired) electrons. The number of aliphatic hydroxyl groups is 1. The summed E-state index contributed by atoms with van der Waals surface area (Å²) in [6.07, 6.45) is 0.228. The van der Waals surface area contributed by atoms with Crippen molar-refractivity contribution in [3.63, 3.8) is 0 Å². The fourth-order valence-electron chi connectivity index (χ4n) is 2.73. The molecule has 5 heteroatoms. The first-order valence-electron chi connectivity index (χ1n) is 8.09. The Morgan fingerprint density at radius 2 is 1.79 bits per heavy atom. The van der Waals surface area contributed by atoms with Crippen molar-refractivity contribution in [2.45, 2.75) is 26.0 Å². The number of rotatable bonds is 7. The van der Waals surface area contributed by atoms with Gasteiger partial charge in [0.1, 0.15) is 23.4 Å². The second-order valence-corrected chi connectivity index (χ2v) is 5.66. The lowest BCUT2D eigenvalue weighted by atomic mass is 10.3. The summed E-state index contributed by atoms with van der Waals surface area (Å²) in [6, 6.07) is 15.5. The van der Waals surface area contributed by atoms with E-state index in [9.17, 15) is 5.11 Å². The van der Waals surface area contributed by atoms with E-state index in [1.807, 2.05) is 48.5 Å². The van der Waals surface area contributed by atoms with E-state index in [1.165, 1.54) is 0 Å². The molecule has 0 saturated heterocycles. The van der Waals surface area contributed by atoms with Gasteiger partial charge in [-0.3, -0.25) is 0 Å². The minimum absolute atomic E-state index is 0.595. The largest absolute Gasteiger partial charge is 0.497 e. The molecule has 0 fully saturated rings. The van der Waals surface area contributed by atoms with Crippen molar-refractivity contribution in [1.29, 1.82) is 0 Å². The number of nitrogens with zero attached hydrogens (tertiary/aromatic N) is 2. The maximum atomic E-state index is 9.96. The zero-order valence-corrected chi connectivity index (χ0v) is 14.0. The second kappa shape index (κ2) is 7.36. The lowest BCUT2D eigenvalue weighted by molar-refractivity contribution is 0.183. The predicted octanol–water partition coefficient (Wildman–Crippen LogP) is 3.57. The van der Waals surface area contributed by atoms with E-state index in [-0.39, 0.29) is 0 Å². The highest BCUT2D eigenvalue weighted by molar-refractivity contribution is 5.75. The van der Waals surface area contributed by atoms with Gasteiger partial charge in [0.25, 0.3) is 0 Å². The SMILES string of the molecule is COc1ccc(OCCCn2c(C(C)O)nc3ccccc32)cc1. The zero-order chi connectivity index (χ0) is 16.9. The zero-order valence-electron chi connectivity index (χ0n) is 14.0. The van der Waals surface area contributed by atoms with E-state index in [2.05, 4.69) is 9.55 Å². The number of methoxy groups -OCH3 is 1. The number of ether oxygens (including phenoxy) is 2. The lowest BCUT2D eigenvalue weighted by Gasteiger charge is -2.12. The van der Waals surface area contributed by atoms with Gasteiger partial charge in [0.05, 0.1) is 24.8 Å². The van der Waals surface area contributed by atoms with Crippen molar-refractivity contribution in [3.05, 3.63) is 54.4 Å². The Morgan fingerprint density at radius 1 is 1.08 bits per heavy atom. The fourth-order valence-corrected chi connectivity index (χ4v) is 2.73. The van der Waals surface area contributed by atoms with E-state index in [4.69, 9.17) is 9.47 Å². The van der Waals surface area contributed by atoms with E-state index < -0.39 is 6.10 Å². The maximum Gasteiger partial charge on any atom is 0.138 e. The van der Waals surface area contributed by atoms with Crippen molar-refractivity contribution in [2.24, 2.45) is 0 Å². The molecule has 0 bridgehead atoms. The molecule has 5 nitrogen and oxygen atoms in total. The molecule has 1 unspecified atom stereocenters. The van der Waals surface area contributed by atoms with Crippen LogP contribution in [0.2, 0.25) is 0 Å². The highest BCUT2D eigenvalue weighted by Gasteiger charge is 2.14. The average molecular weight is 326 g/mol. The molecule has 126 valence electrons. The molecule has 24 heavy (non-hydrogen) atoms. The van der Waals surface area contributed by atoms with Crippen molar-refractivity contribution in [1.82, 2.24) is 9.55 Å². The van der Waals surface area contributed by atoms with Gasteiger partial charge >= 0.3 is 0 Å². The summed E-state index contributed by atoms with van der Waals surface area (Å²) < 4.78 is 13.0. The maximum absolute atomic E-state index is 9.96. The van der Waals surface area contributed by atoms with Crippen LogP contribution in [0.4, 0.5) is 0 Å². The molecule has 0 amide bonds. The van der Waals surface area contributed by atoms with Crippen LogP contribution >= 0.6 is 0 Å². The number of aryl methyl sites for hydroxylation is 1. The first-order valence-corrected chi connectivity index (χ1v) is 8.09. The van der Waals surface area contributed by atoms with Crippen LogP contribution in [0.5, 0.6) is 11.5 Å². The van der Waals surface area contributed by atoms with Crippen LogP contribution in [0.3, 0.4) is 0 Å². The number of fused-ring (bicyclic) bond motifs is 1. The summed E-state index contributed by atoms with van der Waals surface area (Å²) in [5, 5.41) is 9.96. The monoisotopic (exact) mass is 326 g/mol. The van der Waals surface area contributed by atoms with E-state index in [1.54, 1.807) is 14.0 Å². The third-order valence-corrected chi connectivity index (χ3v) is 3.91. The Kier molecular flexibility index (Phi) is 5.01. The number of aliphatic hydroxyl groups excluding tert-OH is 1. The normalized spacial score (nSPS) is 12.3. The standard InChI is InChI=1S/C19H22N2O3/c1-14(22)19-20-17-6-3-4-7-18(17)21(19)12-5-13-24-16-10-8-15(23-2)9-11-16/h3-4,6-11,14,22H,5,12-13H2,1-2H3. The summed E-state index contributed by atoms with van der Waals surface area (Å²) in [5.41, 5.74) is 1.95. The van der Waals surface area contributed by atoms with Gasteiger partial charge in [0, 0.05) is 6.54 Å².